The van der Waals surface area contributed by atoms with E-state index >= 15 is 0 Å². The second-order valence-corrected chi connectivity index (χ2v) is 6.50. The topological polar surface area (TPSA) is 106 Å². The molecule has 1 aromatic carbocycles. The van der Waals surface area contributed by atoms with Crippen molar-refractivity contribution in [3.63, 3.8) is 0 Å². The summed E-state index contributed by atoms with van der Waals surface area (Å²) in [6.07, 6.45) is 1.51. The summed E-state index contributed by atoms with van der Waals surface area (Å²) in [6, 6.07) is 7.38. The number of carbonyl (C=O) groups excluding carboxylic acids is 1. The molecular formula is C18H27N5O2. The van der Waals surface area contributed by atoms with E-state index in [0.29, 0.717) is 37.1 Å². The highest BCUT2D eigenvalue weighted by atomic mass is 16.5. The molecule has 0 saturated carbocycles. The van der Waals surface area contributed by atoms with Gasteiger partial charge in [-0.15, -0.1) is 0 Å². The third kappa shape index (κ3) is 6.28. The summed E-state index contributed by atoms with van der Waals surface area (Å²) in [4.78, 5) is 16.2. The molecule has 0 saturated heterocycles. The number of nitrogens with zero attached hydrogens (tertiary/aromatic N) is 2. The Morgan fingerprint density at radius 1 is 1.28 bits per heavy atom. The minimum absolute atomic E-state index is 0.0622. The molecule has 1 atom stereocenters. The summed E-state index contributed by atoms with van der Waals surface area (Å²) in [5.74, 6) is 1.75. The summed E-state index contributed by atoms with van der Waals surface area (Å²) in [5.41, 5.74) is 7.11. The summed E-state index contributed by atoms with van der Waals surface area (Å²) in [7, 11) is 0. The maximum absolute atomic E-state index is 12.0. The van der Waals surface area contributed by atoms with Crippen molar-refractivity contribution in [2.45, 2.75) is 46.3 Å². The fraction of sp³-hybridized carbons (Fsp3) is 0.500. The van der Waals surface area contributed by atoms with Gasteiger partial charge in [0, 0.05) is 11.3 Å². The van der Waals surface area contributed by atoms with Crippen LogP contribution in [0.15, 0.2) is 24.3 Å². The number of nitrogens with two attached hydrogens (primary N) is 1. The molecule has 1 aromatic heterocycles. The van der Waals surface area contributed by atoms with Crippen molar-refractivity contribution in [2.24, 2.45) is 11.7 Å². The number of hydrogen-bond donors (Lipinski definition) is 3. The smallest absolute Gasteiger partial charge is 0.226 e. The van der Waals surface area contributed by atoms with Gasteiger partial charge in [0.15, 0.2) is 5.82 Å². The molecule has 0 aliphatic heterocycles. The van der Waals surface area contributed by atoms with Gasteiger partial charge in [-0.3, -0.25) is 9.89 Å². The summed E-state index contributed by atoms with van der Waals surface area (Å²) in [5, 5.41) is 9.74. The van der Waals surface area contributed by atoms with E-state index in [4.69, 9.17) is 10.5 Å². The van der Waals surface area contributed by atoms with Crippen LogP contribution >= 0.6 is 0 Å². The van der Waals surface area contributed by atoms with Crippen LogP contribution in [-0.2, 0) is 16.1 Å². The number of hydrogen-bond acceptors (Lipinski definition) is 5. The molecule has 1 heterocycles. The highest BCUT2D eigenvalue weighted by Gasteiger charge is 2.09. The third-order valence-electron chi connectivity index (χ3n) is 3.69. The van der Waals surface area contributed by atoms with E-state index in [-0.39, 0.29) is 12.0 Å². The molecule has 0 aliphatic rings. The van der Waals surface area contributed by atoms with Crippen LogP contribution in [-0.4, -0.2) is 33.8 Å². The van der Waals surface area contributed by atoms with Gasteiger partial charge < -0.3 is 15.8 Å². The highest BCUT2D eigenvalue weighted by Crippen LogP contribution is 2.18. The molecule has 7 heteroatoms. The Bertz CT molecular complexity index is 666. The molecular weight excluding hydrogens is 318 g/mol. The second kappa shape index (κ2) is 9.29. The lowest BCUT2D eigenvalue weighted by atomic mass is 10.1. The van der Waals surface area contributed by atoms with Crippen LogP contribution in [0.5, 0.6) is 0 Å². The van der Waals surface area contributed by atoms with Crippen molar-refractivity contribution in [1.82, 2.24) is 15.2 Å². The molecule has 1 unspecified atom stereocenters. The molecule has 7 nitrogen and oxygen atoms in total. The highest BCUT2D eigenvalue weighted by molar-refractivity contribution is 5.90. The normalized spacial score (nSPS) is 12.4. The summed E-state index contributed by atoms with van der Waals surface area (Å²) in [6.45, 7) is 7.10. The molecule has 0 bridgehead atoms. The number of ether oxygens (including phenoxy) is 1. The number of benzene rings is 1. The lowest BCUT2D eigenvalue weighted by Crippen LogP contribution is -2.18. The Kier molecular flexibility index (Phi) is 7.09. The maximum atomic E-state index is 12.0. The van der Waals surface area contributed by atoms with Crippen LogP contribution in [0.2, 0.25) is 0 Å². The Morgan fingerprint density at radius 2 is 2.00 bits per heavy atom. The van der Waals surface area contributed by atoms with Crippen LogP contribution in [0.3, 0.4) is 0 Å². The van der Waals surface area contributed by atoms with Crippen molar-refractivity contribution >= 4 is 11.6 Å². The van der Waals surface area contributed by atoms with Gasteiger partial charge in [0.05, 0.1) is 25.7 Å². The zero-order valence-corrected chi connectivity index (χ0v) is 15.1. The Labute approximate surface area is 148 Å². The second-order valence-electron chi connectivity index (χ2n) is 6.50. The number of amides is 1. The van der Waals surface area contributed by atoms with Gasteiger partial charge in [0.1, 0.15) is 5.82 Å². The van der Waals surface area contributed by atoms with E-state index in [0.717, 1.165) is 17.7 Å². The fourth-order valence-corrected chi connectivity index (χ4v) is 2.53. The van der Waals surface area contributed by atoms with E-state index in [1.807, 2.05) is 31.2 Å². The Balaban J connectivity index is 1.79. The molecule has 0 radical (unpaired) electrons. The van der Waals surface area contributed by atoms with Crippen LogP contribution < -0.4 is 11.1 Å². The standard InChI is InChI=1S/C18H27N5O2/c1-12(2)10-13(3)25-9-8-17(24)20-15-6-4-14(5-7-15)18-21-16(11-19)22-23-18/h4-7,12-13H,8-11,19H2,1-3H3,(H,20,24)(H,21,22,23). The first kappa shape index (κ1) is 19.1. The number of anilines is 1. The van der Waals surface area contributed by atoms with Gasteiger partial charge in [0.2, 0.25) is 5.91 Å². The van der Waals surface area contributed by atoms with Gasteiger partial charge in [-0.05, 0) is 43.5 Å². The van der Waals surface area contributed by atoms with Crippen molar-refractivity contribution in [3.8, 4) is 11.4 Å². The van der Waals surface area contributed by atoms with E-state index in [1.54, 1.807) is 0 Å². The average molecular weight is 345 g/mol. The van der Waals surface area contributed by atoms with Crippen LogP contribution in [0, 0.1) is 5.92 Å². The van der Waals surface area contributed by atoms with E-state index in [2.05, 4.69) is 34.3 Å². The van der Waals surface area contributed by atoms with Gasteiger partial charge >= 0.3 is 0 Å². The number of carbonyl (C=O) groups is 1. The minimum Gasteiger partial charge on any atom is -0.378 e. The zero-order chi connectivity index (χ0) is 18.2. The van der Waals surface area contributed by atoms with Gasteiger partial charge in [0.25, 0.3) is 0 Å². The molecule has 25 heavy (non-hydrogen) atoms. The first-order valence-corrected chi connectivity index (χ1v) is 8.61. The summed E-state index contributed by atoms with van der Waals surface area (Å²) >= 11 is 0. The van der Waals surface area contributed by atoms with E-state index < -0.39 is 0 Å². The van der Waals surface area contributed by atoms with Crippen molar-refractivity contribution in [3.05, 3.63) is 30.1 Å². The quantitative estimate of drug-likeness (QED) is 0.648. The van der Waals surface area contributed by atoms with Crippen molar-refractivity contribution < 1.29 is 9.53 Å². The molecule has 4 N–H and O–H groups in total. The summed E-state index contributed by atoms with van der Waals surface area (Å²) < 4.78 is 5.66. The molecule has 0 aliphatic carbocycles. The van der Waals surface area contributed by atoms with Crippen LogP contribution in [0.25, 0.3) is 11.4 Å². The third-order valence-corrected chi connectivity index (χ3v) is 3.69. The Morgan fingerprint density at radius 3 is 2.60 bits per heavy atom. The SMILES string of the molecule is CC(C)CC(C)OCCC(=O)Nc1ccc(-c2n[nH]c(CN)n2)cc1. The van der Waals surface area contributed by atoms with Gasteiger partial charge in [-0.1, -0.05) is 13.8 Å². The van der Waals surface area contributed by atoms with E-state index in [1.165, 1.54) is 0 Å². The fourth-order valence-electron chi connectivity index (χ4n) is 2.53. The number of aromatic nitrogens is 3. The predicted molar refractivity (Wildman–Crippen MR) is 97.8 cm³/mol. The molecule has 2 rings (SSSR count). The zero-order valence-electron chi connectivity index (χ0n) is 15.1. The molecule has 0 spiro atoms. The van der Waals surface area contributed by atoms with Gasteiger partial charge in [-0.2, -0.15) is 5.10 Å². The number of rotatable bonds is 9. The Hall–Kier alpha value is -2.25. The monoisotopic (exact) mass is 345 g/mol. The number of aromatic amines is 1. The first-order valence-electron chi connectivity index (χ1n) is 8.61. The lowest BCUT2D eigenvalue weighted by molar-refractivity contribution is -0.117. The largest absolute Gasteiger partial charge is 0.378 e. The van der Waals surface area contributed by atoms with Crippen molar-refractivity contribution in [2.75, 3.05) is 11.9 Å². The predicted octanol–water partition coefficient (Wildman–Crippen LogP) is 2.71. The maximum Gasteiger partial charge on any atom is 0.226 e. The first-order chi connectivity index (χ1) is 12.0. The van der Waals surface area contributed by atoms with E-state index in [9.17, 15) is 4.79 Å². The molecule has 2 aromatic rings. The average Bonchev–Trinajstić information content (AvgIpc) is 3.04. The van der Waals surface area contributed by atoms with Crippen LogP contribution in [0.1, 0.15) is 39.4 Å². The number of H-pyrrole nitrogens is 1. The van der Waals surface area contributed by atoms with Crippen molar-refractivity contribution in [1.29, 1.82) is 0 Å². The van der Waals surface area contributed by atoms with Crippen LogP contribution in [0.4, 0.5) is 5.69 Å². The lowest BCUT2D eigenvalue weighted by Gasteiger charge is -2.14. The van der Waals surface area contributed by atoms with Gasteiger partial charge in [-0.25, -0.2) is 4.98 Å². The molecule has 0 fully saturated rings. The molecule has 1 amide bonds. The minimum atomic E-state index is -0.0622. The molecule has 136 valence electrons. The number of nitrogens with one attached hydrogen (secondary N) is 2.